The molecule has 1 N–H and O–H groups in total. The summed E-state index contributed by atoms with van der Waals surface area (Å²) >= 11 is 6.40. The lowest BCUT2D eigenvalue weighted by Crippen LogP contribution is -2.38. The maximum absolute atomic E-state index is 6.40. The number of halogens is 1. The van der Waals surface area contributed by atoms with E-state index in [0.29, 0.717) is 12.1 Å². The molecule has 1 aromatic rings. The van der Waals surface area contributed by atoms with Crippen molar-refractivity contribution in [2.75, 3.05) is 11.9 Å². The molecule has 1 aliphatic carbocycles. The van der Waals surface area contributed by atoms with Crippen LogP contribution < -0.4 is 10.2 Å². The molecule has 0 radical (unpaired) electrons. The molecule has 0 spiro atoms. The highest BCUT2D eigenvalue weighted by Crippen LogP contribution is 2.35. The van der Waals surface area contributed by atoms with E-state index >= 15 is 0 Å². The third-order valence-electron chi connectivity index (χ3n) is 3.75. The van der Waals surface area contributed by atoms with Crippen molar-refractivity contribution >= 4 is 17.3 Å². The van der Waals surface area contributed by atoms with E-state index in [4.69, 9.17) is 11.6 Å². The summed E-state index contributed by atoms with van der Waals surface area (Å²) in [5.41, 5.74) is 2.50. The lowest BCUT2D eigenvalue weighted by atomic mass is 9.91. The van der Waals surface area contributed by atoms with Gasteiger partial charge in [-0.2, -0.15) is 0 Å². The molecule has 0 saturated heterocycles. The maximum atomic E-state index is 6.40. The van der Waals surface area contributed by atoms with Crippen molar-refractivity contribution in [2.24, 2.45) is 0 Å². The number of anilines is 1. The van der Waals surface area contributed by atoms with E-state index in [1.807, 2.05) is 12.1 Å². The van der Waals surface area contributed by atoms with Crippen molar-refractivity contribution in [1.82, 2.24) is 5.32 Å². The Morgan fingerprint density at radius 2 is 2.11 bits per heavy atom. The molecule has 2 nitrogen and oxygen atoms in total. The molecule has 0 atom stereocenters. The molecule has 1 saturated carbocycles. The van der Waals surface area contributed by atoms with Crippen LogP contribution in [0.4, 0.5) is 5.69 Å². The minimum Gasteiger partial charge on any atom is -0.370 e. The molecule has 0 unspecified atom stereocenters. The number of hydrogen-bond acceptors (Lipinski definition) is 2. The highest BCUT2D eigenvalue weighted by Gasteiger charge is 2.25. The van der Waals surface area contributed by atoms with Crippen molar-refractivity contribution in [3.8, 4) is 0 Å². The zero-order chi connectivity index (χ0) is 13.1. The second kappa shape index (κ2) is 5.94. The van der Waals surface area contributed by atoms with Gasteiger partial charge in [0.25, 0.3) is 0 Å². The van der Waals surface area contributed by atoms with Crippen LogP contribution in [0, 0.1) is 0 Å². The van der Waals surface area contributed by atoms with Crippen LogP contribution in [-0.4, -0.2) is 19.1 Å². The van der Waals surface area contributed by atoms with Gasteiger partial charge in [0.1, 0.15) is 0 Å². The average Bonchev–Trinajstić information content (AvgIpc) is 2.23. The first-order valence-corrected chi connectivity index (χ1v) is 7.21. The Morgan fingerprint density at radius 1 is 1.39 bits per heavy atom. The van der Waals surface area contributed by atoms with Gasteiger partial charge in [0, 0.05) is 25.7 Å². The van der Waals surface area contributed by atoms with Crippen molar-refractivity contribution < 1.29 is 0 Å². The van der Waals surface area contributed by atoms with E-state index in [9.17, 15) is 0 Å². The Labute approximate surface area is 115 Å². The van der Waals surface area contributed by atoms with Crippen LogP contribution in [0.1, 0.15) is 38.7 Å². The van der Waals surface area contributed by atoms with Gasteiger partial charge in [-0.1, -0.05) is 37.6 Å². The molecule has 0 amide bonds. The van der Waals surface area contributed by atoms with Crippen molar-refractivity contribution in [3.63, 3.8) is 0 Å². The van der Waals surface area contributed by atoms with E-state index in [-0.39, 0.29) is 0 Å². The normalized spacial score (nSPS) is 15.8. The van der Waals surface area contributed by atoms with E-state index in [0.717, 1.165) is 11.6 Å². The van der Waals surface area contributed by atoms with Crippen LogP contribution in [0.15, 0.2) is 18.2 Å². The Kier molecular flexibility index (Phi) is 4.52. The topological polar surface area (TPSA) is 15.3 Å². The monoisotopic (exact) mass is 266 g/mol. The fourth-order valence-electron chi connectivity index (χ4n) is 2.37. The quantitative estimate of drug-likeness (QED) is 0.871. The van der Waals surface area contributed by atoms with Crippen LogP contribution in [-0.2, 0) is 6.54 Å². The molecule has 18 heavy (non-hydrogen) atoms. The largest absolute Gasteiger partial charge is 0.370 e. The molecule has 0 aliphatic heterocycles. The molecule has 3 heteroatoms. The molecule has 1 aromatic carbocycles. The summed E-state index contributed by atoms with van der Waals surface area (Å²) < 4.78 is 0. The predicted octanol–water partition coefficient (Wildman–Crippen LogP) is 3.83. The van der Waals surface area contributed by atoms with E-state index in [2.05, 4.69) is 37.2 Å². The van der Waals surface area contributed by atoms with Gasteiger partial charge in [0.05, 0.1) is 10.7 Å². The number of nitrogens with zero attached hydrogens (tertiary/aromatic N) is 1. The highest BCUT2D eigenvalue weighted by molar-refractivity contribution is 6.33. The number of hydrogen-bond donors (Lipinski definition) is 1. The van der Waals surface area contributed by atoms with Gasteiger partial charge in [-0.3, -0.25) is 0 Å². The van der Waals surface area contributed by atoms with Crippen LogP contribution in [0.5, 0.6) is 0 Å². The summed E-state index contributed by atoms with van der Waals surface area (Å²) in [7, 11) is 2.17. The molecule has 1 aliphatic rings. The smallest absolute Gasteiger partial charge is 0.0642 e. The van der Waals surface area contributed by atoms with E-state index < -0.39 is 0 Å². The summed E-state index contributed by atoms with van der Waals surface area (Å²) in [5, 5.41) is 4.34. The Bertz CT molecular complexity index is 399. The van der Waals surface area contributed by atoms with Gasteiger partial charge in [-0.25, -0.2) is 0 Å². The van der Waals surface area contributed by atoms with Crippen molar-refractivity contribution in [3.05, 3.63) is 28.8 Å². The van der Waals surface area contributed by atoms with Gasteiger partial charge < -0.3 is 10.2 Å². The van der Waals surface area contributed by atoms with Crippen LogP contribution in [0.3, 0.4) is 0 Å². The van der Waals surface area contributed by atoms with Gasteiger partial charge in [-0.05, 0) is 30.9 Å². The Balaban J connectivity index is 2.19. The highest BCUT2D eigenvalue weighted by atomic mass is 35.5. The lowest BCUT2D eigenvalue weighted by molar-refractivity contribution is 0.400. The fourth-order valence-corrected chi connectivity index (χ4v) is 2.70. The van der Waals surface area contributed by atoms with Gasteiger partial charge >= 0.3 is 0 Å². The van der Waals surface area contributed by atoms with Crippen LogP contribution in [0.2, 0.25) is 5.02 Å². The zero-order valence-electron chi connectivity index (χ0n) is 11.5. The third kappa shape index (κ3) is 2.99. The fraction of sp³-hybridized carbons (Fsp3) is 0.600. The maximum Gasteiger partial charge on any atom is 0.0642 e. The molecule has 2 rings (SSSR count). The van der Waals surface area contributed by atoms with Crippen molar-refractivity contribution in [1.29, 1.82) is 0 Å². The molecule has 1 fully saturated rings. The van der Waals surface area contributed by atoms with E-state index in [1.54, 1.807) is 0 Å². The first-order chi connectivity index (χ1) is 8.59. The molecule has 100 valence electrons. The third-order valence-corrected chi connectivity index (χ3v) is 4.05. The number of nitrogens with one attached hydrogen (secondary N) is 1. The summed E-state index contributed by atoms with van der Waals surface area (Å²) in [6, 6.07) is 7.36. The number of para-hydroxylation sites is 1. The Morgan fingerprint density at radius 3 is 2.67 bits per heavy atom. The number of benzene rings is 1. The number of rotatable bonds is 5. The van der Waals surface area contributed by atoms with Gasteiger partial charge in [0.2, 0.25) is 0 Å². The molecule has 0 bridgehead atoms. The second-order valence-corrected chi connectivity index (χ2v) is 5.89. The second-order valence-electron chi connectivity index (χ2n) is 5.48. The first-order valence-electron chi connectivity index (χ1n) is 6.83. The van der Waals surface area contributed by atoms with Crippen LogP contribution in [0.25, 0.3) is 0 Å². The molecule has 0 heterocycles. The molecular weight excluding hydrogens is 244 g/mol. The van der Waals surface area contributed by atoms with Gasteiger partial charge in [0.15, 0.2) is 0 Å². The summed E-state index contributed by atoms with van der Waals surface area (Å²) in [6.45, 7) is 5.21. The first kappa shape index (κ1) is 13.7. The average molecular weight is 267 g/mol. The zero-order valence-corrected chi connectivity index (χ0v) is 12.3. The predicted molar refractivity (Wildman–Crippen MR) is 79.5 cm³/mol. The van der Waals surface area contributed by atoms with E-state index in [1.165, 1.54) is 30.5 Å². The minimum absolute atomic E-state index is 0.492. The SMILES string of the molecule is CC(C)NCc1cccc(Cl)c1N(C)C1CCC1. The van der Waals surface area contributed by atoms with Crippen molar-refractivity contribution in [2.45, 2.75) is 51.7 Å². The lowest BCUT2D eigenvalue weighted by Gasteiger charge is -2.38. The van der Waals surface area contributed by atoms with Crippen LogP contribution >= 0.6 is 11.6 Å². The molecular formula is C15H23ClN2. The summed E-state index contributed by atoms with van der Waals surface area (Å²) in [5.74, 6) is 0. The minimum atomic E-state index is 0.492. The summed E-state index contributed by atoms with van der Waals surface area (Å²) in [6.07, 6.45) is 3.93. The Hall–Kier alpha value is -0.730. The molecule has 0 aromatic heterocycles. The summed E-state index contributed by atoms with van der Waals surface area (Å²) in [4.78, 5) is 2.36. The van der Waals surface area contributed by atoms with Gasteiger partial charge in [-0.15, -0.1) is 0 Å². The standard InChI is InChI=1S/C15H23ClN2/c1-11(2)17-10-12-6-4-9-14(16)15(12)18(3)13-7-5-8-13/h4,6,9,11,13,17H,5,7-8,10H2,1-3H3.